The van der Waals surface area contributed by atoms with Crippen molar-refractivity contribution in [2.24, 2.45) is 5.73 Å². The van der Waals surface area contributed by atoms with E-state index in [9.17, 15) is 13.2 Å². The molecule has 1 amide bonds. The second kappa shape index (κ2) is 7.41. The maximum atomic E-state index is 13.0. The molecule has 0 saturated heterocycles. The number of hydrogen-bond donors (Lipinski definition) is 1. The molecule has 5 rings (SSSR count). The quantitative estimate of drug-likeness (QED) is 0.487. The molecular formula is C20H16ClN5O3S2. The zero-order chi connectivity index (χ0) is 21.8. The van der Waals surface area contributed by atoms with Crippen LogP contribution < -0.4 is 5.73 Å². The topological polar surface area (TPSA) is 111 Å². The molecule has 2 aromatic heterocycles. The molecular weight excluding hydrogens is 458 g/mol. The van der Waals surface area contributed by atoms with E-state index in [2.05, 4.69) is 10.1 Å². The van der Waals surface area contributed by atoms with Gasteiger partial charge in [0.1, 0.15) is 6.04 Å². The van der Waals surface area contributed by atoms with Crippen LogP contribution in [0.25, 0.3) is 10.2 Å². The average molecular weight is 474 g/mol. The summed E-state index contributed by atoms with van der Waals surface area (Å²) in [6.45, 7) is 0.415. The molecule has 0 unspecified atom stereocenters. The van der Waals surface area contributed by atoms with Crippen LogP contribution in [0.1, 0.15) is 22.9 Å². The van der Waals surface area contributed by atoms with E-state index in [1.54, 1.807) is 46.8 Å². The van der Waals surface area contributed by atoms with Crippen molar-refractivity contribution in [1.29, 1.82) is 0 Å². The largest absolute Gasteiger partial charge is 0.331 e. The van der Waals surface area contributed by atoms with E-state index in [1.807, 2.05) is 0 Å². The van der Waals surface area contributed by atoms with Crippen LogP contribution in [0.5, 0.6) is 0 Å². The number of nitrogens with two attached hydrogens (primary N) is 1. The van der Waals surface area contributed by atoms with Crippen LogP contribution in [0.3, 0.4) is 0 Å². The van der Waals surface area contributed by atoms with Crippen LogP contribution in [-0.4, -0.2) is 33.4 Å². The van der Waals surface area contributed by atoms with Gasteiger partial charge in [0, 0.05) is 23.3 Å². The Balaban J connectivity index is 1.37. The van der Waals surface area contributed by atoms with Gasteiger partial charge in [-0.2, -0.15) is 17.6 Å². The van der Waals surface area contributed by atoms with Crippen molar-refractivity contribution >= 4 is 49.1 Å². The summed E-state index contributed by atoms with van der Waals surface area (Å²) in [5.74, 6) is -0.295. The highest BCUT2D eigenvalue weighted by molar-refractivity contribution is 7.89. The van der Waals surface area contributed by atoms with Gasteiger partial charge in [0.2, 0.25) is 5.91 Å². The molecule has 0 saturated carbocycles. The predicted molar refractivity (Wildman–Crippen MR) is 117 cm³/mol. The smallest absolute Gasteiger partial charge is 0.283 e. The van der Waals surface area contributed by atoms with Crippen molar-refractivity contribution in [2.45, 2.75) is 24.0 Å². The first-order valence-corrected chi connectivity index (χ1v) is 12.0. The lowest BCUT2D eigenvalue weighted by atomic mass is 10.1. The molecule has 0 radical (unpaired) electrons. The monoisotopic (exact) mass is 473 g/mol. The zero-order valence-electron chi connectivity index (χ0n) is 16.0. The minimum absolute atomic E-state index is 0.138. The highest BCUT2D eigenvalue weighted by Gasteiger charge is 2.32. The third kappa shape index (κ3) is 3.41. The van der Waals surface area contributed by atoms with E-state index in [4.69, 9.17) is 17.3 Å². The predicted octanol–water partition coefficient (Wildman–Crippen LogP) is 2.93. The fourth-order valence-corrected chi connectivity index (χ4v) is 5.81. The second-order valence-corrected chi connectivity index (χ2v) is 10.2. The molecule has 1 aliphatic rings. The average Bonchev–Trinajstić information content (AvgIpc) is 3.47. The molecule has 11 heteroatoms. The molecule has 2 aromatic carbocycles. The Kier molecular flexibility index (Phi) is 4.82. The number of benzene rings is 2. The summed E-state index contributed by atoms with van der Waals surface area (Å²) in [4.78, 5) is 18.7. The van der Waals surface area contributed by atoms with E-state index in [-0.39, 0.29) is 23.9 Å². The number of carbonyl (C=O) groups is 1. The number of thiazole rings is 1. The van der Waals surface area contributed by atoms with Gasteiger partial charge >= 0.3 is 0 Å². The molecule has 8 nitrogen and oxygen atoms in total. The normalized spacial score (nSPS) is 14.7. The Hall–Kier alpha value is -2.79. The highest BCUT2D eigenvalue weighted by atomic mass is 35.5. The van der Waals surface area contributed by atoms with Gasteiger partial charge in [-0.3, -0.25) is 4.79 Å². The van der Waals surface area contributed by atoms with Crippen LogP contribution in [0.4, 0.5) is 0 Å². The Morgan fingerprint density at radius 1 is 1.19 bits per heavy atom. The summed E-state index contributed by atoms with van der Waals surface area (Å²) in [5, 5.41) is 4.67. The lowest BCUT2D eigenvalue weighted by Crippen LogP contribution is -2.35. The molecule has 158 valence electrons. The summed E-state index contributed by atoms with van der Waals surface area (Å²) in [7, 11) is -3.85. The number of rotatable bonds is 4. The number of aromatic nitrogens is 3. The van der Waals surface area contributed by atoms with E-state index in [0.717, 1.165) is 14.3 Å². The van der Waals surface area contributed by atoms with Crippen LogP contribution in [0.2, 0.25) is 5.02 Å². The van der Waals surface area contributed by atoms with Crippen molar-refractivity contribution in [1.82, 2.24) is 19.1 Å². The number of hydrogen-bond acceptors (Lipinski definition) is 7. The van der Waals surface area contributed by atoms with Crippen LogP contribution in [0, 0.1) is 0 Å². The third-order valence-electron chi connectivity index (χ3n) is 5.22. The third-order valence-corrected chi connectivity index (χ3v) is 7.89. The number of carbonyl (C=O) groups excluding carboxylic acids is 1. The summed E-state index contributed by atoms with van der Waals surface area (Å²) in [6, 6.07) is 10.8. The SMILES string of the molecule is N[C@@H](C(=O)N1Cc2cn(S(=O)(=O)c3ccc4ncsc4c3)nc2C1)c1ccccc1Cl. The fourth-order valence-electron chi connectivity index (χ4n) is 3.57. The van der Waals surface area contributed by atoms with Crippen molar-refractivity contribution in [3.8, 4) is 0 Å². The number of halogens is 1. The molecule has 4 aromatic rings. The first-order valence-electron chi connectivity index (χ1n) is 9.29. The fraction of sp³-hybridized carbons (Fsp3) is 0.150. The molecule has 31 heavy (non-hydrogen) atoms. The maximum absolute atomic E-state index is 13.0. The molecule has 1 atom stereocenters. The first kappa shape index (κ1) is 20.1. The van der Waals surface area contributed by atoms with Gasteiger partial charge < -0.3 is 10.6 Å². The van der Waals surface area contributed by atoms with Gasteiger partial charge in [-0.1, -0.05) is 29.8 Å². The Labute approximate surface area is 186 Å². The van der Waals surface area contributed by atoms with Crippen LogP contribution >= 0.6 is 22.9 Å². The molecule has 2 N–H and O–H groups in total. The summed E-state index contributed by atoms with van der Waals surface area (Å²) < 4.78 is 27.8. The summed E-state index contributed by atoms with van der Waals surface area (Å²) in [5.41, 5.74) is 10.3. The zero-order valence-corrected chi connectivity index (χ0v) is 18.4. The van der Waals surface area contributed by atoms with E-state index < -0.39 is 16.1 Å². The number of fused-ring (bicyclic) bond motifs is 2. The van der Waals surface area contributed by atoms with Crippen molar-refractivity contribution in [3.63, 3.8) is 0 Å². The Bertz CT molecular complexity index is 1410. The highest BCUT2D eigenvalue weighted by Crippen LogP contribution is 2.29. The Morgan fingerprint density at radius 2 is 2.00 bits per heavy atom. The standard InChI is InChI=1S/C20H16ClN5O3S2/c21-15-4-2-1-3-14(15)19(22)20(27)25-8-12-9-26(24-17(12)10-25)31(28,29)13-5-6-16-18(7-13)30-11-23-16/h1-7,9,11,19H,8,10,22H2/t19-/m1/s1. The number of nitrogens with zero attached hydrogens (tertiary/aromatic N) is 4. The number of amides is 1. The summed E-state index contributed by atoms with van der Waals surface area (Å²) >= 11 is 7.53. The van der Waals surface area contributed by atoms with Crippen molar-refractivity contribution < 1.29 is 13.2 Å². The van der Waals surface area contributed by atoms with E-state index in [1.165, 1.54) is 23.6 Å². The van der Waals surface area contributed by atoms with E-state index >= 15 is 0 Å². The van der Waals surface area contributed by atoms with Gasteiger partial charge in [0.05, 0.1) is 32.9 Å². The minimum atomic E-state index is -3.85. The van der Waals surface area contributed by atoms with Gasteiger partial charge in [-0.15, -0.1) is 11.3 Å². The van der Waals surface area contributed by atoms with Crippen molar-refractivity contribution in [3.05, 3.63) is 76.0 Å². The van der Waals surface area contributed by atoms with Crippen LogP contribution in [-0.2, 0) is 27.9 Å². The van der Waals surface area contributed by atoms with Crippen molar-refractivity contribution in [2.75, 3.05) is 0 Å². The minimum Gasteiger partial charge on any atom is -0.331 e. The molecule has 0 aliphatic carbocycles. The second-order valence-electron chi connectivity index (χ2n) is 7.15. The van der Waals surface area contributed by atoms with E-state index in [0.29, 0.717) is 21.8 Å². The molecule has 0 fully saturated rings. The molecule has 3 heterocycles. The Morgan fingerprint density at radius 3 is 2.77 bits per heavy atom. The molecule has 1 aliphatic heterocycles. The lowest BCUT2D eigenvalue weighted by Gasteiger charge is -2.21. The van der Waals surface area contributed by atoms with Crippen LogP contribution in [0.15, 0.2) is 59.1 Å². The van der Waals surface area contributed by atoms with Gasteiger partial charge in [-0.25, -0.2) is 4.98 Å². The lowest BCUT2D eigenvalue weighted by molar-refractivity contribution is -0.133. The molecule has 0 spiro atoms. The van der Waals surface area contributed by atoms with Gasteiger partial charge in [0.25, 0.3) is 10.0 Å². The molecule has 0 bridgehead atoms. The van der Waals surface area contributed by atoms with Gasteiger partial charge in [-0.05, 0) is 29.8 Å². The maximum Gasteiger partial charge on any atom is 0.283 e. The van der Waals surface area contributed by atoms with Gasteiger partial charge in [0.15, 0.2) is 0 Å². The summed E-state index contributed by atoms with van der Waals surface area (Å²) in [6.07, 6.45) is 1.45. The first-order chi connectivity index (χ1) is 14.8.